The van der Waals surface area contributed by atoms with Crippen LogP contribution in [0.2, 0.25) is 20.1 Å². The van der Waals surface area contributed by atoms with Gasteiger partial charge in [0.1, 0.15) is 12.6 Å². The van der Waals surface area contributed by atoms with Gasteiger partial charge in [-0.3, -0.25) is 13.9 Å². The van der Waals surface area contributed by atoms with E-state index in [0.29, 0.717) is 12.0 Å². The molecule has 7 nitrogen and oxygen atoms in total. The van der Waals surface area contributed by atoms with Crippen molar-refractivity contribution in [3.8, 4) is 0 Å². The van der Waals surface area contributed by atoms with Gasteiger partial charge >= 0.3 is 0 Å². The fourth-order valence-electron chi connectivity index (χ4n) is 4.77. The van der Waals surface area contributed by atoms with Crippen LogP contribution in [0.4, 0.5) is 5.69 Å². The smallest absolute Gasteiger partial charge is 0.264 e. The van der Waals surface area contributed by atoms with Crippen LogP contribution in [0.1, 0.15) is 31.4 Å². The van der Waals surface area contributed by atoms with Crippen molar-refractivity contribution in [3.05, 3.63) is 128 Å². The van der Waals surface area contributed by atoms with Crippen LogP contribution in [-0.4, -0.2) is 43.8 Å². The largest absolute Gasteiger partial charge is 0.352 e. The minimum Gasteiger partial charge on any atom is -0.352 e. The number of rotatable bonds is 13. The fourth-order valence-corrected chi connectivity index (χ4v) is 7.18. The lowest BCUT2D eigenvalue weighted by Crippen LogP contribution is -2.54. The Morgan fingerprint density at radius 3 is 1.96 bits per heavy atom. The first-order valence-corrected chi connectivity index (χ1v) is 17.5. The summed E-state index contributed by atoms with van der Waals surface area (Å²) in [5.74, 6) is -1.10. The van der Waals surface area contributed by atoms with Crippen LogP contribution in [0.3, 0.4) is 0 Å². The molecule has 0 radical (unpaired) electrons. The van der Waals surface area contributed by atoms with Crippen molar-refractivity contribution in [2.75, 3.05) is 10.8 Å². The van der Waals surface area contributed by atoms with Gasteiger partial charge < -0.3 is 10.2 Å². The summed E-state index contributed by atoms with van der Waals surface area (Å²) in [5.41, 5.74) is 1.21. The summed E-state index contributed by atoms with van der Waals surface area (Å²) in [6.45, 7) is 2.92. The lowest BCUT2D eigenvalue weighted by atomic mass is 10.0. The summed E-state index contributed by atoms with van der Waals surface area (Å²) in [4.78, 5) is 29.8. The number of amides is 2. The number of hydrogen-bond donors (Lipinski definition) is 1. The Hall–Kier alpha value is -3.27. The number of nitrogens with one attached hydrogen (secondary N) is 1. The van der Waals surface area contributed by atoms with Crippen molar-refractivity contribution >= 4 is 73.9 Å². The van der Waals surface area contributed by atoms with Gasteiger partial charge in [-0.15, -0.1) is 0 Å². The van der Waals surface area contributed by atoms with Gasteiger partial charge in [0.25, 0.3) is 10.0 Å². The molecule has 1 N–H and O–H groups in total. The molecule has 12 heteroatoms. The average Bonchev–Trinajstić information content (AvgIpc) is 3.04. The molecule has 0 aliphatic carbocycles. The molecule has 0 fully saturated rings. The summed E-state index contributed by atoms with van der Waals surface area (Å²) in [6, 6.07) is 25.1. The topological polar surface area (TPSA) is 86.8 Å². The normalized spacial score (nSPS) is 12.7. The fraction of sp³-hybridized carbons (Fsp3) is 0.235. The number of carbonyl (C=O) groups excluding carboxylic acids is 2. The number of anilines is 1. The molecule has 4 aromatic rings. The number of halogens is 4. The molecule has 0 aromatic heterocycles. The van der Waals surface area contributed by atoms with Gasteiger partial charge in [0.05, 0.1) is 20.6 Å². The Morgan fingerprint density at radius 2 is 1.35 bits per heavy atom. The van der Waals surface area contributed by atoms with E-state index >= 15 is 0 Å². The number of nitrogens with zero attached hydrogens (tertiary/aromatic N) is 2. The SMILES string of the molecule is CC[C@H](C)NC(=O)[C@@H](Cc1ccccc1)N(Cc1c(Cl)cccc1Cl)C(=O)CN(c1cccc(Cl)c1Cl)S(=O)(=O)c1ccccc1. The van der Waals surface area contributed by atoms with Crippen LogP contribution in [0.15, 0.2) is 102 Å². The van der Waals surface area contributed by atoms with Gasteiger partial charge in [-0.2, -0.15) is 0 Å². The Balaban J connectivity index is 1.87. The van der Waals surface area contributed by atoms with E-state index in [1.165, 1.54) is 29.2 Å². The lowest BCUT2D eigenvalue weighted by molar-refractivity contribution is -0.140. The number of carbonyl (C=O) groups is 2. The number of hydrogen-bond acceptors (Lipinski definition) is 4. The number of sulfonamides is 1. The van der Waals surface area contributed by atoms with E-state index in [-0.39, 0.29) is 49.7 Å². The van der Waals surface area contributed by atoms with Crippen molar-refractivity contribution in [1.82, 2.24) is 10.2 Å². The van der Waals surface area contributed by atoms with E-state index in [4.69, 9.17) is 46.4 Å². The lowest BCUT2D eigenvalue weighted by Gasteiger charge is -2.35. The summed E-state index contributed by atoms with van der Waals surface area (Å²) >= 11 is 26.0. The zero-order valence-electron chi connectivity index (χ0n) is 25.2. The highest BCUT2D eigenvalue weighted by Crippen LogP contribution is 2.36. The molecule has 4 rings (SSSR count). The summed E-state index contributed by atoms with van der Waals surface area (Å²) in [6.07, 6.45) is 0.796. The molecule has 2 amide bonds. The molecule has 4 aromatic carbocycles. The molecule has 0 aliphatic heterocycles. The molecule has 0 bridgehead atoms. The van der Waals surface area contributed by atoms with Crippen LogP contribution >= 0.6 is 46.4 Å². The molecule has 0 saturated heterocycles. The maximum absolute atomic E-state index is 14.6. The van der Waals surface area contributed by atoms with E-state index in [9.17, 15) is 18.0 Å². The molecule has 2 atom stereocenters. The third-order valence-corrected chi connectivity index (χ3v) is 10.8. The van der Waals surface area contributed by atoms with Crippen LogP contribution < -0.4 is 9.62 Å². The Bertz CT molecular complexity index is 1760. The molecule has 0 aliphatic rings. The van der Waals surface area contributed by atoms with Gasteiger partial charge in [0, 0.05) is 34.6 Å². The molecule has 0 saturated carbocycles. The molecule has 0 heterocycles. The van der Waals surface area contributed by atoms with E-state index in [2.05, 4.69) is 5.32 Å². The van der Waals surface area contributed by atoms with Crippen LogP contribution in [0.5, 0.6) is 0 Å². The highest BCUT2D eigenvalue weighted by molar-refractivity contribution is 7.92. The van der Waals surface area contributed by atoms with Crippen molar-refractivity contribution in [2.24, 2.45) is 0 Å². The van der Waals surface area contributed by atoms with E-state index < -0.39 is 34.4 Å². The van der Waals surface area contributed by atoms with Crippen molar-refractivity contribution in [3.63, 3.8) is 0 Å². The Morgan fingerprint density at radius 1 is 0.783 bits per heavy atom. The monoisotopic (exact) mass is 719 g/mol. The van der Waals surface area contributed by atoms with Crippen LogP contribution in [0.25, 0.3) is 0 Å². The molecule has 0 spiro atoms. The van der Waals surface area contributed by atoms with Crippen molar-refractivity contribution in [2.45, 2.75) is 50.2 Å². The third-order valence-electron chi connectivity index (χ3n) is 7.47. The predicted molar refractivity (Wildman–Crippen MR) is 186 cm³/mol. The Labute approximate surface area is 290 Å². The van der Waals surface area contributed by atoms with Gasteiger partial charge in [-0.05, 0) is 55.3 Å². The minimum atomic E-state index is -4.35. The van der Waals surface area contributed by atoms with Gasteiger partial charge in [-0.1, -0.05) is 114 Å². The highest BCUT2D eigenvalue weighted by atomic mass is 35.5. The Kier molecular flexibility index (Phi) is 12.4. The average molecular weight is 722 g/mol. The van der Waals surface area contributed by atoms with Gasteiger partial charge in [0.2, 0.25) is 11.8 Å². The first-order valence-electron chi connectivity index (χ1n) is 14.5. The maximum Gasteiger partial charge on any atom is 0.264 e. The summed E-state index contributed by atoms with van der Waals surface area (Å²) in [5, 5.41) is 3.63. The van der Waals surface area contributed by atoms with E-state index in [0.717, 1.165) is 9.87 Å². The molecule has 46 heavy (non-hydrogen) atoms. The second-order valence-electron chi connectivity index (χ2n) is 10.6. The molecular formula is C34H33Cl4N3O4S. The standard InChI is InChI=1S/C34H33Cl4N3O4S/c1-3-23(2)39-34(43)31(20-24-12-6-4-7-13-24)40(21-26-27(35)16-10-17-28(26)36)32(42)22-41(30-19-11-18-29(37)33(30)38)46(44,45)25-14-8-5-9-15-25/h4-19,23,31H,3,20-22H2,1-2H3,(H,39,43)/t23-,31+/m0/s1. The third kappa shape index (κ3) is 8.55. The van der Waals surface area contributed by atoms with Crippen LogP contribution in [-0.2, 0) is 32.6 Å². The highest BCUT2D eigenvalue weighted by Gasteiger charge is 2.36. The predicted octanol–water partition coefficient (Wildman–Crippen LogP) is 8.05. The minimum absolute atomic E-state index is 0.00533. The first-order chi connectivity index (χ1) is 21.9. The summed E-state index contributed by atoms with van der Waals surface area (Å²) in [7, 11) is -4.35. The van der Waals surface area contributed by atoms with E-state index in [1.54, 1.807) is 42.5 Å². The second kappa shape index (κ2) is 16.0. The van der Waals surface area contributed by atoms with Gasteiger partial charge in [-0.25, -0.2) is 8.42 Å². The summed E-state index contributed by atoms with van der Waals surface area (Å²) < 4.78 is 29.2. The molecule has 0 unspecified atom stereocenters. The zero-order valence-corrected chi connectivity index (χ0v) is 29.0. The van der Waals surface area contributed by atoms with Crippen LogP contribution in [0, 0.1) is 0 Å². The zero-order chi connectivity index (χ0) is 33.4. The number of benzene rings is 4. The van der Waals surface area contributed by atoms with Gasteiger partial charge in [0.15, 0.2) is 0 Å². The van der Waals surface area contributed by atoms with Crippen molar-refractivity contribution in [1.29, 1.82) is 0 Å². The quantitative estimate of drug-likeness (QED) is 0.152. The first kappa shape index (κ1) is 35.6. The van der Waals surface area contributed by atoms with E-state index in [1.807, 2.05) is 44.2 Å². The second-order valence-corrected chi connectivity index (χ2v) is 14.1. The molecule has 242 valence electrons. The van der Waals surface area contributed by atoms with Crippen molar-refractivity contribution < 1.29 is 18.0 Å². The molecular weight excluding hydrogens is 688 g/mol. The maximum atomic E-state index is 14.6.